The van der Waals surface area contributed by atoms with E-state index in [0.29, 0.717) is 40.8 Å². The summed E-state index contributed by atoms with van der Waals surface area (Å²) in [6, 6.07) is 17.0. The maximum Gasteiger partial charge on any atom is 0.193 e. The van der Waals surface area contributed by atoms with Crippen molar-refractivity contribution in [3.8, 4) is 11.4 Å². The van der Waals surface area contributed by atoms with Crippen molar-refractivity contribution in [2.45, 2.75) is 19.1 Å². The van der Waals surface area contributed by atoms with Gasteiger partial charge < -0.3 is 14.4 Å². The summed E-state index contributed by atoms with van der Waals surface area (Å²) in [4.78, 5) is 22.0. The summed E-state index contributed by atoms with van der Waals surface area (Å²) in [6.07, 6.45) is 8.39. The van der Waals surface area contributed by atoms with E-state index >= 15 is 0 Å². The van der Waals surface area contributed by atoms with Gasteiger partial charge in [0.2, 0.25) is 0 Å². The zero-order valence-electron chi connectivity index (χ0n) is 18.6. The van der Waals surface area contributed by atoms with Crippen LogP contribution in [0.2, 0.25) is 0 Å². The molecule has 0 spiro atoms. The first kappa shape index (κ1) is 21.7. The van der Waals surface area contributed by atoms with Crippen molar-refractivity contribution in [1.82, 2.24) is 14.5 Å². The Labute approximate surface area is 209 Å². The number of aliphatic hydroxyl groups excluding tert-OH is 1. The minimum absolute atomic E-state index is 0.0844. The van der Waals surface area contributed by atoms with E-state index in [4.69, 9.17) is 4.74 Å². The first-order valence-corrected chi connectivity index (χ1v) is 12.0. The number of fused-ring (bicyclic) bond motifs is 2. The second kappa shape index (κ2) is 8.76. The van der Waals surface area contributed by atoms with Crippen molar-refractivity contribution >= 4 is 26.8 Å². The first-order chi connectivity index (χ1) is 17.1. The van der Waals surface area contributed by atoms with E-state index < -0.39 is 6.10 Å². The molecule has 1 N–H and O–H groups in total. The number of hydrogen-bond acceptors (Lipinski definition) is 5. The van der Waals surface area contributed by atoms with Crippen molar-refractivity contribution in [3.63, 3.8) is 0 Å². The number of aliphatic hydroxyl groups is 1. The lowest BCUT2D eigenvalue weighted by Crippen LogP contribution is -2.21. The molecule has 0 fully saturated rings. The van der Waals surface area contributed by atoms with Crippen LogP contribution in [0, 0.1) is 0 Å². The smallest absolute Gasteiger partial charge is 0.193 e. The number of pyridine rings is 3. The van der Waals surface area contributed by atoms with E-state index in [1.54, 1.807) is 30.9 Å². The van der Waals surface area contributed by atoms with Gasteiger partial charge in [0.1, 0.15) is 18.5 Å². The van der Waals surface area contributed by atoms with Gasteiger partial charge in [-0.1, -0.05) is 34.1 Å². The van der Waals surface area contributed by atoms with Gasteiger partial charge in [-0.05, 0) is 42.0 Å². The fourth-order valence-corrected chi connectivity index (χ4v) is 4.98. The van der Waals surface area contributed by atoms with E-state index in [-0.39, 0.29) is 5.43 Å². The highest BCUT2D eigenvalue weighted by atomic mass is 79.9. The number of hydrogen-bond donors (Lipinski definition) is 1. The monoisotopic (exact) mass is 525 g/mol. The van der Waals surface area contributed by atoms with Gasteiger partial charge in [-0.25, -0.2) is 0 Å². The molecular weight excluding hydrogens is 506 g/mol. The summed E-state index contributed by atoms with van der Waals surface area (Å²) in [5, 5.41) is 11.8. The fraction of sp³-hybridized carbons (Fsp3) is 0.107. The van der Waals surface area contributed by atoms with E-state index in [1.807, 2.05) is 59.3 Å². The molecule has 7 heteroatoms. The Balaban J connectivity index is 1.56. The molecule has 172 valence electrons. The first-order valence-electron chi connectivity index (χ1n) is 11.2. The van der Waals surface area contributed by atoms with Crippen molar-refractivity contribution in [2.75, 3.05) is 0 Å². The lowest BCUT2D eigenvalue weighted by atomic mass is 9.92. The van der Waals surface area contributed by atoms with Crippen LogP contribution in [0.5, 0.6) is 5.75 Å². The van der Waals surface area contributed by atoms with Crippen LogP contribution in [0.3, 0.4) is 0 Å². The highest BCUT2D eigenvalue weighted by Gasteiger charge is 2.28. The van der Waals surface area contributed by atoms with Crippen LogP contribution in [-0.4, -0.2) is 19.6 Å². The van der Waals surface area contributed by atoms with Gasteiger partial charge in [0.05, 0.1) is 16.6 Å². The SMILES string of the molecule is O=c1c(Cc2cccnc2)cn2c3c(cc(OCc4cccnc4)cc13)C(O)c1ccc(Br)cc1-2. The van der Waals surface area contributed by atoms with Gasteiger partial charge in [0, 0.05) is 64.1 Å². The second-order valence-electron chi connectivity index (χ2n) is 8.56. The van der Waals surface area contributed by atoms with Crippen LogP contribution < -0.4 is 10.2 Å². The minimum Gasteiger partial charge on any atom is -0.489 e. The summed E-state index contributed by atoms with van der Waals surface area (Å²) in [6.45, 7) is 0.308. The molecule has 5 aromatic rings. The quantitative estimate of drug-likeness (QED) is 0.345. The molecule has 0 saturated carbocycles. The highest BCUT2D eigenvalue weighted by molar-refractivity contribution is 9.10. The number of halogens is 1. The Morgan fingerprint density at radius 2 is 1.74 bits per heavy atom. The average Bonchev–Trinajstić information content (AvgIpc) is 2.89. The number of ether oxygens (including phenoxy) is 1. The topological polar surface area (TPSA) is 77.2 Å². The van der Waals surface area contributed by atoms with Crippen LogP contribution in [0.15, 0.2) is 94.8 Å². The van der Waals surface area contributed by atoms with Crippen molar-refractivity contribution < 1.29 is 9.84 Å². The molecule has 1 unspecified atom stereocenters. The standard InChI is InChI=1S/C28H20BrN3O3/c29-20-5-6-22-25(10-20)32-15-19(9-17-3-1-7-30-13-17)27(33)23-11-21(12-24(26(23)32)28(22)34)35-16-18-4-2-8-31-14-18/h1-8,10-15,28,34H,9,16H2. The van der Waals surface area contributed by atoms with Crippen LogP contribution >= 0.6 is 15.9 Å². The average molecular weight is 526 g/mol. The predicted octanol–water partition coefficient (Wildman–Crippen LogP) is 5.11. The fourth-order valence-electron chi connectivity index (χ4n) is 4.63. The molecule has 35 heavy (non-hydrogen) atoms. The Morgan fingerprint density at radius 3 is 2.49 bits per heavy atom. The number of aromatic nitrogens is 3. The highest BCUT2D eigenvalue weighted by Crippen LogP contribution is 2.41. The van der Waals surface area contributed by atoms with E-state index in [2.05, 4.69) is 25.9 Å². The molecule has 0 aliphatic carbocycles. The molecule has 0 radical (unpaired) electrons. The Morgan fingerprint density at radius 1 is 0.971 bits per heavy atom. The summed E-state index contributed by atoms with van der Waals surface area (Å²) in [5.74, 6) is 0.526. The lowest BCUT2D eigenvalue weighted by Gasteiger charge is -2.28. The number of rotatable bonds is 5. The molecule has 6 nitrogen and oxygen atoms in total. The molecule has 0 saturated heterocycles. The zero-order valence-corrected chi connectivity index (χ0v) is 20.1. The van der Waals surface area contributed by atoms with E-state index in [1.165, 1.54) is 0 Å². The molecule has 3 aromatic heterocycles. The Kier molecular flexibility index (Phi) is 5.43. The Bertz CT molecular complexity index is 1620. The Hall–Kier alpha value is -3.81. The van der Waals surface area contributed by atoms with E-state index in [9.17, 15) is 9.90 Å². The largest absolute Gasteiger partial charge is 0.489 e. The van der Waals surface area contributed by atoms with Gasteiger partial charge in [-0.2, -0.15) is 0 Å². The van der Waals surface area contributed by atoms with E-state index in [0.717, 1.165) is 26.9 Å². The number of benzene rings is 2. The van der Waals surface area contributed by atoms with Gasteiger partial charge in [0.15, 0.2) is 5.43 Å². The molecule has 1 aliphatic heterocycles. The second-order valence-corrected chi connectivity index (χ2v) is 9.47. The molecule has 2 aromatic carbocycles. The summed E-state index contributed by atoms with van der Waals surface area (Å²) in [7, 11) is 0. The summed E-state index contributed by atoms with van der Waals surface area (Å²) >= 11 is 3.55. The van der Waals surface area contributed by atoms with Gasteiger partial charge in [-0.3, -0.25) is 14.8 Å². The van der Waals surface area contributed by atoms with Crippen LogP contribution in [-0.2, 0) is 13.0 Å². The third kappa shape index (κ3) is 3.92. The predicted molar refractivity (Wildman–Crippen MR) is 137 cm³/mol. The van der Waals surface area contributed by atoms with Crippen molar-refractivity contribution in [2.24, 2.45) is 0 Å². The van der Waals surface area contributed by atoms with Crippen LogP contribution in [0.4, 0.5) is 0 Å². The lowest BCUT2D eigenvalue weighted by molar-refractivity contribution is 0.218. The molecule has 1 aliphatic rings. The third-order valence-corrected chi connectivity index (χ3v) is 6.76. The van der Waals surface area contributed by atoms with Crippen LogP contribution in [0.1, 0.15) is 33.9 Å². The van der Waals surface area contributed by atoms with Crippen molar-refractivity contribution in [1.29, 1.82) is 0 Å². The molecule has 4 heterocycles. The number of nitrogens with zero attached hydrogens (tertiary/aromatic N) is 3. The maximum absolute atomic E-state index is 13.7. The zero-order chi connectivity index (χ0) is 23.9. The summed E-state index contributed by atoms with van der Waals surface area (Å²) in [5.41, 5.74) is 5.36. The third-order valence-electron chi connectivity index (χ3n) is 6.26. The molecular formula is C28H20BrN3O3. The van der Waals surface area contributed by atoms with Crippen molar-refractivity contribution in [3.05, 3.63) is 128 Å². The van der Waals surface area contributed by atoms with Crippen LogP contribution in [0.25, 0.3) is 16.6 Å². The maximum atomic E-state index is 13.7. The summed E-state index contributed by atoms with van der Waals surface area (Å²) < 4.78 is 8.96. The molecule has 6 rings (SSSR count). The molecule has 0 amide bonds. The minimum atomic E-state index is -0.883. The van der Waals surface area contributed by atoms with Gasteiger partial charge in [0.25, 0.3) is 0 Å². The molecule has 0 bridgehead atoms. The van der Waals surface area contributed by atoms with Gasteiger partial charge >= 0.3 is 0 Å². The van der Waals surface area contributed by atoms with Gasteiger partial charge in [-0.15, -0.1) is 0 Å². The normalized spacial score (nSPS) is 14.1. The molecule has 1 atom stereocenters.